The van der Waals surface area contributed by atoms with Crippen LogP contribution in [0.5, 0.6) is 0 Å². The van der Waals surface area contributed by atoms with E-state index in [1.807, 2.05) is 24.3 Å². The fraction of sp³-hybridized carbons (Fsp3) is 0.480. The van der Waals surface area contributed by atoms with Crippen LogP contribution in [0, 0.1) is 18.6 Å². The SMILES string of the molecule is Cc1ccc(F)c(CNC2CCN(c3ccc(C(=O)N4CCC[C@H](O)C4)cc3)CC2)c1F. The number of rotatable bonds is 5. The van der Waals surface area contributed by atoms with Crippen LogP contribution in [0.25, 0.3) is 0 Å². The van der Waals surface area contributed by atoms with Crippen LogP contribution >= 0.6 is 0 Å². The number of nitrogens with one attached hydrogen (secondary N) is 1. The number of piperidine rings is 2. The van der Waals surface area contributed by atoms with Crippen molar-refractivity contribution in [3.05, 3.63) is 64.7 Å². The molecule has 2 aliphatic rings. The molecule has 5 nitrogen and oxygen atoms in total. The van der Waals surface area contributed by atoms with Gasteiger partial charge in [0, 0.05) is 55.6 Å². The van der Waals surface area contributed by atoms with Crippen molar-refractivity contribution in [1.82, 2.24) is 10.2 Å². The van der Waals surface area contributed by atoms with Crippen LogP contribution in [0.3, 0.4) is 0 Å². The van der Waals surface area contributed by atoms with E-state index in [1.165, 1.54) is 12.1 Å². The highest BCUT2D eigenvalue weighted by Gasteiger charge is 2.24. The first-order chi connectivity index (χ1) is 15.4. The zero-order valence-corrected chi connectivity index (χ0v) is 18.5. The monoisotopic (exact) mass is 443 g/mol. The van der Waals surface area contributed by atoms with Crippen molar-refractivity contribution < 1.29 is 18.7 Å². The fourth-order valence-corrected chi connectivity index (χ4v) is 4.60. The predicted molar refractivity (Wildman–Crippen MR) is 121 cm³/mol. The van der Waals surface area contributed by atoms with E-state index in [0.29, 0.717) is 24.2 Å². The van der Waals surface area contributed by atoms with E-state index >= 15 is 0 Å². The Morgan fingerprint density at radius 1 is 1.06 bits per heavy atom. The molecule has 0 saturated carbocycles. The number of hydrogen-bond acceptors (Lipinski definition) is 4. The first-order valence-electron chi connectivity index (χ1n) is 11.4. The van der Waals surface area contributed by atoms with Gasteiger partial charge in [-0.05, 0) is 68.5 Å². The number of carbonyl (C=O) groups is 1. The maximum Gasteiger partial charge on any atom is 0.253 e. The van der Waals surface area contributed by atoms with Crippen LogP contribution in [0.4, 0.5) is 14.5 Å². The van der Waals surface area contributed by atoms with Gasteiger partial charge in [-0.15, -0.1) is 0 Å². The Balaban J connectivity index is 1.29. The summed E-state index contributed by atoms with van der Waals surface area (Å²) in [6.07, 6.45) is 2.91. The van der Waals surface area contributed by atoms with Crippen molar-refractivity contribution in [1.29, 1.82) is 0 Å². The molecule has 0 radical (unpaired) electrons. The van der Waals surface area contributed by atoms with E-state index in [4.69, 9.17) is 0 Å². The number of hydrogen-bond donors (Lipinski definition) is 2. The van der Waals surface area contributed by atoms with Gasteiger partial charge in [0.05, 0.1) is 6.10 Å². The van der Waals surface area contributed by atoms with Gasteiger partial charge in [-0.25, -0.2) is 8.78 Å². The van der Waals surface area contributed by atoms with Crippen molar-refractivity contribution in [3.8, 4) is 0 Å². The number of halogens is 2. The van der Waals surface area contributed by atoms with Gasteiger partial charge in [0.1, 0.15) is 11.6 Å². The Morgan fingerprint density at radius 2 is 1.78 bits per heavy atom. The average molecular weight is 444 g/mol. The molecule has 0 bridgehead atoms. The van der Waals surface area contributed by atoms with Crippen LogP contribution in [0.15, 0.2) is 36.4 Å². The summed E-state index contributed by atoms with van der Waals surface area (Å²) in [6.45, 7) is 4.59. The molecule has 0 aliphatic carbocycles. The van der Waals surface area contributed by atoms with E-state index < -0.39 is 17.7 Å². The fourth-order valence-electron chi connectivity index (χ4n) is 4.60. The van der Waals surface area contributed by atoms with Gasteiger partial charge < -0.3 is 20.2 Å². The van der Waals surface area contributed by atoms with Gasteiger partial charge >= 0.3 is 0 Å². The number of amides is 1. The van der Waals surface area contributed by atoms with Gasteiger partial charge in [0.2, 0.25) is 0 Å². The lowest BCUT2D eigenvalue weighted by atomic mass is 10.0. The molecule has 2 fully saturated rings. The van der Waals surface area contributed by atoms with Crippen LogP contribution in [0.2, 0.25) is 0 Å². The highest BCUT2D eigenvalue weighted by atomic mass is 19.1. The molecule has 2 aromatic rings. The summed E-state index contributed by atoms with van der Waals surface area (Å²) in [4.78, 5) is 16.7. The van der Waals surface area contributed by atoms with Crippen molar-refractivity contribution in [2.45, 2.75) is 51.3 Å². The third-order valence-electron chi connectivity index (χ3n) is 6.60. The molecule has 2 aromatic carbocycles. The topological polar surface area (TPSA) is 55.8 Å². The number of aliphatic hydroxyl groups is 1. The summed E-state index contributed by atoms with van der Waals surface area (Å²) in [5.41, 5.74) is 2.27. The highest BCUT2D eigenvalue weighted by Crippen LogP contribution is 2.23. The number of aliphatic hydroxyl groups excluding tert-OH is 1. The lowest BCUT2D eigenvalue weighted by Crippen LogP contribution is -2.42. The van der Waals surface area contributed by atoms with Crippen molar-refractivity contribution in [2.24, 2.45) is 0 Å². The van der Waals surface area contributed by atoms with Gasteiger partial charge in [-0.1, -0.05) is 6.07 Å². The van der Waals surface area contributed by atoms with Crippen molar-refractivity contribution in [3.63, 3.8) is 0 Å². The number of anilines is 1. The first kappa shape index (κ1) is 22.7. The zero-order valence-electron chi connectivity index (χ0n) is 18.5. The third kappa shape index (κ3) is 5.10. The second kappa shape index (κ2) is 9.96. The number of benzene rings is 2. The van der Waals surface area contributed by atoms with E-state index in [2.05, 4.69) is 10.2 Å². The first-order valence-corrected chi connectivity index (χ1v) is 11.4. The standard InChI is InChI=1S/C25H31F2N3O2/c1-17-4-9-23(26)22(24(17)27)15-28-19-10-13-29(14-11-19)20-7-5-18(6-8-20)25(32)30-12-2-3-21(31)16-30/h4-9,19,21,28,31H,2-3,10-16H2,1H3/t21-/m0/s1. The minimum absolute atomic E-state index is 0.0335. The lowest BCUT2D eigenvalue weighted by Gasteiger charge is -2.34. The Labute approximate surface area is 188 Å². The summed E-state index contributed by atoms with van der Waals surface area (Å²) >= 11 is 0. The quantitative estimate of drug-likeness (QED) is 0.741. The molecule has 172 valence electrons. The Bertz CT molecular complexity index is 943. The molecular weight excluding hydrogens is 412 g/mol. The molecule has 7 heteroatoms. The third-order valence-corrected chi connectivity index (χ3v) is 6.60. The predicted octanol–water partition coefficient (Wildman–Crippen LogP) is 3.63. The Morgan fingerprint density at radius 3 is 2.47 bits per heavy atom. The second-order valence-electron chi connectivity index (χ2n) is 8.89. The van der Waals surface area contributed by atoms with Gasteiger partial charge in [-0.3, -0.25) is 4.79 Å². The molecule has 1 atom stereocenters. The smallest absolute Gasteiger partial charge is 0.253 e. The van der Waals surface area contributed by atoms with Crippen molar-refractivity contribution >= 4 is 11.6 Å². The number of likely N-dealkylation sites (tertiary alicyclic amines) is 1. The Kier molecular flexibility index (Phi) is 7.06. The number of carbonyl (C=O) groups excluding carboxylic acids is 1. The van der Waals surface area contributed by atoms with Crippen LogP contribution < -0.4 is 10.2 Å². The minimum atomic E-state index is -0.508. The summed E-state index contributed by atoms with van der Waals surface area (Å²) < 4.78 is 28.2. The Hall–Kier alpha value is -2.51. The molecule has 0 spiro atoms. The average Bonchev–Trinajstić information content (AvgIpc) is 2.81. The van der Waals surface area contributed by atoms with Gasteiger partial charge in [0.15, 0.2) is 0 Å². The summed E-state index contributed by atoms with van der Waals surface area (Å²) in [5.74, 6) is -1.01. The molecule has 32 heavy (non-hydrogen) atoms. The molecule has 0 aromatic heterocycles. The normalized spacial score (nSPS) is 19.9. The molecule has 2 heterocycles. The molecule has 0 unspecified atom stereocenters. The van der Waals surface area contributed by atoms with Gasteiger partial charge in [0.25, 0.3) is 5.91 Å². The molecule has 4 rings (SSSR count). The minimum Gasteiger partial charge on any atom is -0.391 e. The van der Waals surface area contributed by atoms with Crippen LogP contribution in [-0.2, 0) is 6.54 Å². The number of β-amino-alcohol motifs (C(OH)–C–C–N with tert-alkyl or cyclic N) is 1. The second-order valence-corrected chi connectivity index (χ2v) is 8.89. The summed E-state index contributed by atoms with van der Waals surface area (Å²) in [6, 6.07) is 10.6. The molecule has 2 N–H and O–H groups in total. The van der Waals surface area contributed by atoms with Crippen LogP contribution in [-0.4, -0.2) is 54.2 Å². The molecule has 2 saturated heterocycles. The maximum absolute atomic E-state index is 14.2. The van der Waals surface area contributed by atoms with Gasteiger partial charge in [-0.2, -0.15) is 0 Å². The summed E-state index contributed by atoms with van der Waals surface area (Å²) in [5, 5.41) is 13.1. The molecular formula is C25H31F2N3O2. The maximum atomic E-state index is 14.2. The summed E-state index contributed by atoms with van der Waals surface area (Å²) in [7, 11) is 0. The highest BCUT2D eigenvalue weighted by molar-refractivity contribution is 5.94. The van der Waals surface area contributed by atoms with Crippen LogP contribution in [0.1, 0.15) is 47.2 Å². The number of aryl methyl sites for hydroxylation is 1. The number of nitrogens with zero attached hydrogens (tertiary/aromatic N) is 2. The molecule has 2 aliphatic heterocycles. The lowest BCUT2D eigenvalue weighted by molar-refractivity contribution is 0.0474. The molecule has 1 amide bonds. The largest absolute Gasteiger partial charge is 0.391 e. The van der Waals surface area contributed by atoms with E-state index in [0.717, 1.165) is 44.5 Å². The van der Waals surface area contributed by atoms with E-state index in [-0.39, 0.29) is 24.1 Å². The van der Waals surface area contributed by atoms with E-state index in [1.54, 1.807) is 11.8 Å². The zero-order chi connectivity index (χ0) is 22.7. The van der Waals surface area contributed by atoms with Crippen molar-refractivity contribution in [2.75, 3.05) is 31.1 Å². The van der Waals surface area contributed by atoms with E-state index in [9.17, 15) is 18.7 Å².